The normalized spacial score (nSPS) is 12.8. The Balaban J connectivity index is 0.878. The van der Waals surface area contributed by atoms with Gasteiger partial charge in [-0.05, 0) is 140 Å². The molecule has 0 radical (unpaired) electrons. The molecule has 0 amide bonds. The van der Waals surface area contributed by atoms with Gasteiger partial charge in [0.15, 0.2) is 0 Å². The molecule has 0 unspecified atom stereocenters. The van der Waals surface area contributed by atoms with Gasteiger partial charge in [-0.25, -0.2) is 0 Å². The second-order valence-electron chi connectivity index (χ2n) is 19.3. The fourth-order valence-corrected chi connectivity index (χ4v) is 11.7. The van der Waals surface area contributed by atoms with Gasteiger partial charge in [0.1, 0.15) is 0 Å². The molecule has 0 atom stereocenters. The lowest BCUT2D eigenvalue weighted by Crippen LogP contribution is -2.17. The van der Waals surface area contributed by atoms with E-state index in [2.05, 4.69) is 277 Å². The molecule has 0 N–H and O–H groups in total. The van der Waals surface area contributed by atoms with Crippen LogP contribution in [0.15, 0.2) is 249 Å². The third-order valence-electron chi connectivity index (χ3n) is 15.1. The molecule has 2 aromatic heterocycles. The summed E-state index contributed by atoms with van der Waals surface area (Å²) in [5.74, 6) is 0. The average Bonchev–Trinajstić information content (AvgIpc) is 4.01. The second kappa shape index (κ2) is 15.6. The molecule has 1 aliphatic carbocycles. The molecule has 13 aromatic rings. The first-order valence-electron chi connectivity index (χ1n) is 24.3. The zero-order valence-electron chi connectivity index (χ0n) is 39.0. The number of hydrogen-bond acceptors (Lipinski definition) is 1. The van der Waals surface area contributed by atoms with Crippen LogP contribution in [0.4, 0.5) is 17.1 Å². The minimum absolute atomic E-state index is 0.246. The average molecular weight is 894 g/mol. The fraction of sp³-hybridized carbons (Fsp3) is 0.0448. The summed E-state index contributed by atoms with van der Waals surface area (Å²) < 4.78 is 4.83. The standard InChI is InChI=1S/C67H47N3/c1-67(2)61-42-51(36-39-55(61)56-40-37-52(43-62(56)67)70-64-25-12-8-20-57(64)58-21-9-13-26-65(58)70)68(50-34-29-46(30-35-50)54-23-14-16-45-15-6-7-19-53(45)54)49-32-27-44(28-33-49)47-31-38-60-59-22-10-11-24-63(59)69(66(60)41-47)48-17-4-3-5-18-48/h3-43H,1-2H3. The van der Waals surface area contributed by atoms with E-state index in [4.69, 9.17) is 0 Å². The number of benzene rings is 11. The third kappa shape index (κ3) is 6.15. The van der Waals surface area contributed by atoms with Crippen LogP contribution >= 0.6 is 0 Å². The molecule has 1 aliphatic rings. The van der Waals surface area contributed by atoms with Crippen molar-refractivity contribution in [3.8, 4) is 44.8 Å². The first-order valence-corrected chi connectivity index (χ1v) is 24.3. The number of anilines is 3. The number of hydrogen-bond donors (Lipinski definition) is 0. The van der Waals surface area contributed by atoms with Crippen molar-refractivity contribution < 1.29 is 0 Å². The van der Waals surface area contributed by atoms with Gasteiger partial charge < -0.3 is 14.0 Å². The summed E-state index contributed by atoms with van der Waals surface area (Å²) in [7, 11) is 0. The molecule has 0 bridgehead atoms. The molecule has 11 aromatic carbocycles. The highest BCUT2D eigenvalue weighted by molar-refractivity contribution is 6.11. The van der Waals surface area contributed by atoms with E-state index >= 15 is 0 Å². The Bertz CT molecular complexity index is 4130. The van der Waals surface area contributed by atoms with Crippen LogP contribution in [0.5, 0.6) is 0 Å². The van der Waals surface area contributed by atoms with Crippen molar-refractivity contribution in [2.24, 2.45) is 0 Å². The van der Waals surface area contributed by atoms with E-state index in [9.17, 15) is 0 Å². The lowest BCUT2D eigenvalue weighted by atomic mass is 9.82. The summed E-state index contributed by atoms with van der Waals surface area (Å²) in [6, 6.07) is 91.6. The third-order valence-corrected chi connectivity index (χ3v) is 15.1. The van der Waals surface area contributed by atoms with E-state index in [1.165, 1.54) is 105 Å². The van der Waals surface area contributed by atoms with Gasteiger partial charge in [-0.2, -0.15) is 0 Å². The minimum Gasteiger partial charge on any atom is -0.310 e. The molecule has 0 saturated heterocycles. The minimum atomic E-state index is -0.246. The van der Waals surface area contributed by atoms with E-state index in [1.807, 2.05) is 0 Å². The van der Waals surface area contributed by atoms with E-state index < -0.39 is 0 Å². The molecule has 70 heavy (non-hydrogen) atoms. The Hall–Kier alpha value is -8.92. The summed E-state index contributed by atoms with van der Waals surface area (Å²) in [5.41, 5.74) is 20.4. The molecule has 0 spiro atoms. The van der Waals surface area contributed by atoms with Gasteiger partial charge in [0, 0.05) is 55.4 Å². The SMILES string of the molecule is CC1(C)c2cc(N(c3ccc(-c4ccc5c6ccccc6n(-c6ccccc6)c5c4)cc3)c3ccc(-c4cccc5ccccc45)cc3)ccc2-c2ccc(-n3c4ccccc4c4ccccc43)cc21. The van der Waals surface area contributed by atoms with Crippen molar-refractivity contribution in [1.82, 2.24) is 9.13 Å². The first kappa shape index (κ1) is 40.2. The molecule has 14 rings (SSSR count). The van der Waals surface area contributed by atoms with Crippen molar-refractivity contribution in [1.29, 1.82) is 0 Å². The summed E-state index contributed by atoms with van der Waals surface area (Å²) >= 11 is 0. The topological polar surface area (TPSA) is 13.1 Å². The summed E-state index contributed by atoms with van der Waals surface area (Å²) in [5, 5.41) is 7.57. The van der Waals surface area contributed by atoms with Crippen molar-refractivity contribution in [2.45, 2.75) is 19.3 Å². The van der Waals surface area contributed by atoms with E-state index in [0.29, 0.717) is 0 Å². The maximum atomic E-state index is 2.44. The van der Waals surface area contributed by atoms with Crippen LogP contribution in [-0.4, -0.2) is 9.13 Å². The van der Waals surface area contributed by atoms with Gasteiger partial charge in [-0.1, -0.05) is 178 Å². The van der Waals surface area contributed by atoms with Crippen molar-refractivity contribution in [3.63, 3.8) is 0 Å². The molecule has 0 aliphatic heterocycles. The highest BCUT2D eigenvalue weighted by atomic mass is 15.1. The monoisotopic (exact) mass is 893 g/mol. The van der Waals surface area contributed by atoms with Gasteiger partial charge in [0.25, 0.3) is 0 Å². The Kier molecular flexibility index (Phi) is 8.93. The lowest BCUT2D eigenvalue weighted by Gasteiger charge is -2.28. The van der Waals surface area contributed by atoms with E-state index in [0.717, 1.165) is 22.7 Å². The quantitative estimate of drug-likeness (QED) is 0.155. The maximum absolute atomic E-state index is 2.44. The van der Waals surface area contributed by atoms with Crippen molar-refractivity contribution >= 4 is 71.4 Å². The molecule has 0 fully saturated rings. The molecule has 3 heteroatoms. The zero-order valence-corrected chi connectivity index (χ0v) is 39.0. The molecular formula is C67H47N3. The Morgan fingerprint density at radius 3 is 1.44 bits per heavy atom. The van der Waals surface area contributed by atoms with Gasteiger partial charge in [-0.15, -0.1) is 0 Å². The fourth-order valence-electron chi connectivity index (χ4n) is 11.7. The lowest BCUT2D eigenvalue weighted by molar-refractivity contribution is 0.660. The predicted molar refractivity (Wildman–Crippen MR) is 296 cm³/mol. The Morgan fingerprint density at radius 2 is 0.786 bits per heavy atom. The zero-order chi connectivity index (χ0) is 46.5. The highest BCUT2D eigenvalue weighted by Crippen LogP contribution is 2.52. The molecule has 2 heterocycles. The number of para-hydroxylation sites is 4. The Labute approximate surface area is 407 Å². The van der Waals surface area contributed by atoms with Crippen LogP contribution in [0.1, 0.15) is 25.0 Å². The van der Waals surface area contributed by atoms with Crippen molar-refractivity contribution in [2.75, 3.05) is 4.90 Å². The van der Waals surface area contributed by atoms with Gasteiger partial charge >= 0.3 is 0 Å². The van der Waals surface area contributed by atoms with Crippen LogP contribution in [-0.2, 0) is 5.41 Å². The van der Waals surface area contributed by atoms with Crippen LogP contribution in [0.2, 0.25) is 0 Å². The van der Waals surface area contributed by atoms with Crippen LogP contribution in [0.25, 0.3) is 99.1 Å². The van der Waals surface area contributed by atoms with Crippen LogP contribution < -0.4 is 4.90 Å². The number of aromatic nitrogens is 2. The molecular weight excluding hydrogens is 847 g/mol. The number of rotatable bonds is 7. The molecule has 3 nitrogen and oxygen atoms in total. The molecule has 0 saturated carbocycles. The largest absolute Gasteiger partial charge is 0.310 e. The van der Waals surface area contributed by atoms with E-state index in [-0.39, 0.29) is 5.41 Å². The number of nitrogens with zero attached hydrogens (tertiary/aromatic N) is 3. The summed E-state index contributed by atoms with van der Waals surface area (Å²) in [4.78, 5) is 2.43. The molecule has 330 valence electrons. The number of fused-ring (bicyclic) bond motifs is 10. The van der Waals surface area contributed by atoms with E-state index in [1.54, 1.807) is 0 Å². The summed E-state index contributed by atoms with van der Waals surface area (Å²) in [6.07, 6.45) is 0. The van der Waals surface area contributed by atoms with Crippen LogP contribution in [0, 0.1) is 0 Å². The van der Waals surface area contributed by atoms with Crippen molar-refractivity contribution in [3.05, 3.63) is 260 Å². The highest BCUT2D eigenvalue weighted by Gasteiger charge is 2.36. The first-order chi connectivity index (χ1) is 34.5. The van der Waals surface area contributed by atoms with Crippen LogP contribution in [0.3, 0.4) is 0 Å². The second-order valence-corrected chi connectivity index (χ2v) is 19.3. The smallest absolute Gasteiger partial charge is 0.0547 e. The maximum Gasteiger partial charge on any atom is 0.0547 e. The Morgan fingerprint density at radius 1 is 0.300 bits per heavy atom. The summed E-state index contributed by atoms with van der Waals surface area (Å²) in [6.45, 7) is 4.78. The van der Waals surface area contributed by atoms with Gasteiger partial charge in [-0.3, -0.25) is 0 Å². The van der Waals surface area contributed by atoms with Gasteiger partial charge in [0.2, 0.25) is 0 Å². The predicted octanol–water partition coefficient (Wildman–Crippen LogP) is 18.1. The van der Waals surface area contributed by atoms with Gasteiger partial charge in [0.05, 0.1) is 22.1 Å².